The Bertz CT molecular complexity index is 1950. The topological polar surface area (TPSA) is 27.7 Å². The summed E-state index contributed by atoms with van der Waals surface area (Å²) in [7, 11) is 0. The summed E-state index contributed by atoms with van der Waals surface area (Å²) >= 11 is -28.6. The van der Waals surface area contributed by atoms with Gasteiger partial charge in [0, 0.05) is 0 Å². The van der Waals surface area contributed by atoms with Crippen molar-refractivity contribution < 1.29 is 166 Å². The molecule has 0 aromatic heterocycles. The molecule has 73 heavy (non-hydrogen) atoms. The van der Waals surface area contributed by atoms with Crippen LogP contribution < -0.4 is 0 Å². The molecule has 0 aliphatic carbocycles. The maximum atomic E-state index is 16.8. The summed E-state index contributed by atoms with van der Waals surface area (Å²) in [5.74, 6) is -77.8. The van der Waals surface area contributed by atoms with Crippen molar-refractivity contribution in [1.29, 1.82) is 0 Å². The fourth-order valence-electron chi connectivity index (χ4n) is 5.61. The summed E-state index contributed by atoms with van der Waals surface area (Å²) in [5, 5.41) is 0. The van der Waals surface area contributed by atoms with Crippen molar-refractivity contribution in [2.75, 3.05) is 0 Å². The number of rotatable bonds is 20. The molecule has 0 saturated carbocycles. The van der Waals surface area contributed by atoms with Gasteiger partial charge >= 0.3 is 390 Å². The first-order valence-electron chi connectivity index (χ1n) is 17.6. The van der Waals surface area contributed by atoms with Crippen molar-refractivity contribution in [2.45, 2.75) is 114 Å². The molecule has 2 aromatic carbocycles. The van der Waals surface area contributed by atoms with Crippen LogP contribution in [0, 0.1) is 0 Å². The molecule has 0 bridgehead atoms. The van der Waals surface area contributed by atoms with E-state index in [0.717, 1.165) is 0 Å². The molecule has 2 atom stereocenters. The molecule has 0 aliphatic heterocycles. The standard InChI is InChI=1S/2C8H9O.4C4F9.O.2Sn/c2*1-7(9)8-5-3-2-4-6-8;4*5-1(6)2(7,8)3(9,10)4(11,12)13;;;/h2*2-7H,1H3;;;;;;;/q2*-1;;;;;;2*+1. The third-order valence-corrected chi connectivity index (χ3v) is 39.3. The van der Waals surface area contributed by atoms with Gasteiger partial charge in [0.15, 0.2) is 0 Å². The van der Waals surface area contributed by atoms with E-state index in [1.165, 1.54) is 0 Å². The maximum absolute atomic E-state index is 16.8. The quantitative estimate of drug-likeness (QED) is 0.0977. The van der Waals surface area contributed by atoms with E-state index in [4.69, 9.17) is 0 Å². The molecule has 424 valence electrons. The van der Waals surface area contributed by atoms with Gasteiger partial charge in [0.05, 0.1) is 0 Å². The van der Waals surface area contributed by atoms with Crippen molar-refractivity contribution in [3.63, 3.8) is 0 Å². The van der Waals surface area contributed by atoms with E-state index < -0.39 is 163 Å². The van der Waals surface area contributed by atoms with E-state index in [0.29, 0.717) is 12.1 Å². The molecular weight excluding hydrogens is 1350 g/mol. The number of halogens is 36. The summed E-state index contributed by atoms with van der Waals surface area (Å²) in [4.78, 5) is 0. The van der Waals surface area contributed by atoms with Crippen LogP contribution >= 0.6 is 0 Å². The molecule has 2 rings (SSSR count). The Kier molecular flexibility index (Phi) is 17.4. The first-order valence-corrected chi connectivity index (χ1v) is 28.0. The molecule has 0 saturated heterocycles. The van der Waals surface area contributed by atoms with Crippen LogP contribution in [0.25, 0.3) is 0 Å². The van der Waals surface area contributed by atoms with Crippen molar-refractivity contribution in [3.8, 4) is 0 Å². The molecule has 2 aromatic rings. The van der Waals surface area contributed by atoms with Crippen LogP contribution in [-0.4, -0.2) is 126 Å². The molecule has 0 spiro atoms. The van der Waals surface area contributed by atoms with E-state index in [9.17, 15) is 87.8 Å². The number of alkyl halides is 36. The van der Waals surface area contributed by atoms with Crippen molar-refractivity contribution in [1.82, 2.24) is 0 Å². The van der Waals surface area contributed by atoms with Crippen LogP contribution in [0.3, 0.4) is 0 Å². The Morgan fingerprint density at radius 3 is 0.589 bits per heavy atom. The average Bonchev–Trinajstić information content (AvgIpc) is 3.20. The van der Waals surface area contributed by atoms with Gasteiger partial charge in [-0.15, -0.1) is 0 Å². The van der Waals surface area contributed by atoms with Gasteiger partial charge in [-0.3, -0.25) is 0 Å². The third kappa shape index (κ3) is 9.58. The summed E-state index contributed by atoms with van der Waals surface area (Å²) < 4.78 is 505. The molecule has 3 nitrogen and oxygen atoms in total. The van der Waals surface area contributed by atoms with Crippen LogP contribution in [0.15, 0.2) is 60.7 Å². The predicted molar refractivity (Wildman–Crippen MR) is 168 cm³/mol. The Labute approximate surface area is 389 Å². The van der Waals surface area contributed by atoms with Crippen LogP contribution in [-0.2, 0) is 7.56 Å². The Balaban J connectivity index is 4.08. The molecule has 0 amide bonds. The second kappa shape index (κ2) is 19.1. The van der Waals surface area contributed by atoms with Gasteiger partial charge in [0.2, 0.25) is 0 Å². The first kappa shape index (κ1) is 66.5. The molecule has 2 unspecified atom stereocenters. The number of benzene rings is 2. The van der Waals surface area contributed by atoms with E-state index >= 15 is 70.2 Å². The SMILES string of the molecule is CC([O][Sn]([O][Sn]([O]C(C)c1ccccc1)([C](F)(F)C(F)(F)C(F)(F)C(F)(F)F)[C](F)(F)C(F)(F)C(F)(F)C(F)(F)F)([C](F)(F)C(F)(F)C(F)(F)C(F)(F)F)[C](F)(F)C(F)(F)C(F)(F)C(F)(F)F)c1ccccc1. The fraction of sp³-hybridized carbons (Fsp3) is 0.625. The summed E-state index contributed by atoms with van der Waals surface area (Å²) in [6.07, 6.45) is -44.4. The number of hydrogen-bond donors (Lipinski definition) is 0. The van der Waals surface area contributed by atoms with E-state index in [1.807, 2.05) is 0 Å². The zero-order valence-electron chi connectivity index (χ0n) is 33.8. The van der Waals surface area contributed by atoms with E-state index in [1.54, 1.807) is 0 Å². The predicted octanol–water partition coefficient (Wildman–Crippen LogP) is 15.5. The number of hydrogen-bond acceptors (Lipinski definition) is 3. The molecule has 0 fully saturated rings. The molecule has 0 radical (unpaired) electrons. The summed E-state index contributed by atoms with van der Waals surface area (Å²) in [6, 6.07) is 0.732. The normalized spacial score (nSPS) is 17.0. The van der Waals surface area contributed by atoms with Gasteiger partial charge < -0.3 is 0 Å². The van der Waals surface area contributed by atoms with Crippen LogP contribution in [0.1, 0.15) is 37.2 Å². The minimum atomic E-state index is -14.3. The monoisotopic (exact) mass is 1370 g/mol. The van der Waals surface area contributed by atoms with E-state index in [2.05, 4.69) is 7.56 Å². The first-order chi connectivity index (χ1) is 31.7. The Hall–Kier alpha value is -2.60. The van der Waals surface area contributed by atoms with Crippen molar-refractivity contribution in [3.05, 3.63) is 71.8 Å². The van der Waals surface area contributed by atoms with Crippen molar-refractivity contribution >= 4 is 38.4 Å². The second-order valence-electron chi connectivity index (χ2n) is 14.6. The summed E-state index contributed by atoms with van der Waals surface area (Å²) in [5.41, 5.74) is -3.98. The van der Waals surface area contributed by atoms with Crippen LogP contribution in [0.2, 0.25) is 0 Å². The van der Waals surface area contributed by atoms with Gasteiger partial charge in [0.25, 0.3) is 0 Å². The van der Waals surface area contributed by atoms with Gasteiger partial charge in [0.1, 0.15) is 0 Å². The molecular formula is C32H18F36O3Sn2. The van der Waals surface area contributed by atoms with Crippen molar-refractivity contribution in [2.24, 2.45) is 0 Å². The third-order valence-electron chi connectivity index (χ3n) is 9.74. The molecule has 0 N–H and O–H groups in total. The minimum absolute atomic E-state index is 0.165. The average molecular weight is 1370 g/mol. The van der Waals surface area contributed by atoms with Crippen LogP contribution in [0.4, 0.5) is 158 Å². The zero-order chi connectivity index (χ0) is 58.5. The molecule has 0 aliphatic rings. The van der Waals surface area contributed by atoms with Gasteiger partial charge in [-0.2, -0.15) is 0 Å². The van der Waals surface area contributed by atoms with Crippen LogP contribution in [0.5, 0.6) is 0 Å². The van der Waals surface area contributed by atoms with Gasteiger partial charge in [-0.05, 0) is 0 Å². The van der Waals surface area contributed by atoms with Gasteiger partial charge in [-0.1, -0.05) is 0 Å². The second-order valence-corrected chi connectivity index (χ2v) is 34.6. The molecule has 41 heteroatoms. The Morgan fingerprint density at radius 1 is 0.274 bits per heavy atom. The zero-order valence-corrected chi connectivity index (χ0v) is 39.5. The Morgan fingerprint density at radius 2 is 0.438 bits per heavy atom. The summed E-state index contributed by atoms with van der Waals surface area (Å²) in [6.45, 7) is -1.67. The van der Waals surface area contributed by atoms with Gasteiger partial charge in [-0.25, -0.2) is 0 Å². The fourth-order valence-corrected chi connectivity index (χ4v) is 42.0. The van der Waals surface area contributed by atoms with E-state index in [-0.39, 0.29) is 48.5 Å². The molecule has 0 heterocycles.